The van der Waals surface area contributed by atoms with Crippen molar-refractivity contribution < 1.29 is 0 Å². The molecule has 0 bridgehead atoms. The molecule has 0 amide bonds. The van der Waals surface area contributed by atoms with Gasteiger partial charge in [-0.15, -0.1) is 0 Å². The lowest BCUT2D eigenvalue weighted by atomic mass is 9.97. The van der Waals surface area contributed by atoms with Crippen LogP contribution < -0.4 is 0 Å². The minimum Gasteiger partial charge on any atom is -0.337 e. The van der Waals surface area contributed by atoms with Crippen molar-refractivity contribution in [3.8, 4) is 6.07 Å². The maximum Gasteiger partial charge on any atom is 0.0995 e. The number of piperidine rings is 1. The number of imidazole rings is 1. The Morgan fingerprint density at radius 2 is 2.18 bits per heavy atom. The first kappa shape index (κ1) is 14.8. The van der Waals surface area contributed by atoms with Gasteiger partial charge in [0.1, 0.15) is 0 Å². The number of hydrogen-bond acceptors (Lipinski definition) is 3. The van der Waals surface area contributed by atoms with Crippen LogP contribution in [0, 0.1) is 11.3 Å². The highest BCUT2D eigenvalue weighted by Crippen LogP contribution is 2.23. The van der Waals surface area contributed by atoms with Crippen LogP contribution in [0.15, 0.2) is 43.0 Å². The van der Waals surface area contributed by atoms with Crippen molar-refractivity contribution in [2.24, 2.45) is 0 Å². The number of nitriles is 1. The Morgan fingerprint density at radius 3 is 3.00 bits per heavy atom. The van der Waals surface area contributed by atoms with E-state index >= 15 is 0 Å². The quantitative estimate of drug-likeness (QED) is 0.850. The Morgan fingerprint density at radius 1 is 1.27 bits per heavy atom. The highest BCUT2D eigenvalue weighted by atomic mass is 15.2. The van der Waals surface area contributed by atoms with Crippen molar-refractivity contribution in [3.05, 3.63) is 54.1 Å². The van der Waals surface area contributed by atoms with Crippen LogP contribution in [-0.2, 0) is 13.1 Å². The minimum absolute atomic E-state index is 0.600. The first-order valence-electron chi connectivity index (χ1n) is 8.04. The van der Waals surface area contributed by atoms with Crippen LogP contribution in [0.3, 0.4) is 0 Å². The van der Waals surface area contributed by atoms with Gasteiger partial charge in [-0.05, 0) is 37.4 Å². The number of aryl methyl sites for hydroxylation is 1. The van der Waals surface area contributed by atoms with Gasteiger partial charge >= 0.3 is 0 Å². The predicted octanol–water partition coefficient (Wildman–Crippen LogP) is 3.20. The molecule has 114 valence electrons. The molecule has 1 aromatic carbocycles. The molecule has 2 aromatic rings. The van der Waals surface area contributed by atoms with Gasteiger partial charge in [0.25, 0.3) is 0 Å². The van der Waals surface area contributed by atoms with E-state index in [9.17, 15) is 5.26 Å². The molecule has 4 heteroatoms. The summed E-state index contributed by atoms with van der Waals surface area (Å²) in [5.74, 6) is 0. The van der Waals surface area contributed by atoms with Crippen LogP contribution >= 0.6 is 0 Å². The van der Waals surface area contributed by atoms with Gasteiger partial charge < -0.3 is 4.57 Å². The van der Waals surface area contributed by atoms with Crippen molar-refractivity contribution in [1.29, 1.82) is 5.26 Å². The fraction of sp³-hybridized carbons (Fsp3) is 0.444. The molecule has 0 saturated carbocycles. The fourth-order valence-electron chi connectivity index (χ4n) is 3.30. The molecule has 1 atom stereocenters. The standard InChI is InChI=1S/C18H22N4/c19-13-16-5-1-2-6-17(16)14-22-10-4-3-7-18(22)8-11-21-12-9-20-15-21/h1-2,5-6,9,12,15,18H,3-4,7-8,10-11,14H2/t18-/m1/s1. The van der Waals surface area contributed by atoms with Gasteiger partial charge in [-0.1, -0.05) is 24.6 Å². The molecule has 0 unspecified atom stereocenters. The van der Waals surface area contributed by atoms with E-state index in [1.54, 1.807) is 0 Å². The molecule has 0 spiro atoms. The van der Waals surface area contributed by atoms with Crippen LogP contribution in [0.4, 0.5) is 0 Å². The zero-order valence-corrected chi connectivity index (χ0v) is 12.9. The van der Waals surface area contributed by atoms with Crippen LogP contribution in [0.1, 0.15) is 36.8 Å². The smallest absolute Gasteiger partial charge is 0.0995 e. The molecule has 22 heavy (non-hydrogen) atoms. The van der Waals surface area contributed by atoms with Gasteiger partial charge in [-0.2, -0.15) is 5.26 Å². The molecule has 0 aliphatic carbocycles. The highest BCUT2D eigenvalue weighted by molar-refractivity contribution is 5.37. The van der Waals surface area contributed by atoms with E-state index in [1.807, 2.05) is 36.9 Å². The molecule has 1 aliphatic rings. The summed E-state index contributed by atoms with van der Waals surface area (Å²) in [6.45, 7) is 3.04. The van der Waals surface area contributed by atoms with Gasteiger partial charge in [-0.3, -0.25) is 4.90 Å². The highest BCUT2D eigenvalue weighted by Gasteiger charge is 2.22. The second kappa shape index (κ2) is 7.24. The topological polar surface area (TPSA) is 44.9 Å². The molecule has 1 saturated heterocycles. The lowest BCUT2D eigenvalue weighted by Gasteiger charge is -2.36. The lowest BCUT2D eigenvalue weighted by molar-refractivity contribution is 0.128. The normalized spacial score (nSPS) is 19.0. The summed E-state index contributed by atoms with van der Waals surface area (Å²) >= 11 is 0. The van der Waals surface area contributed by atoms with E-state index in [1.165, 1.54) is 19.3 Å². The first-order valence-corrected chi connectivity index (χ1v) is 8.04. The molecule has 3 rings (SSSR count). The molecule has 0 N–H and O–H groups in total. The zero-order valence-electron chi connectivity index (χ0n) is 12.9. The Labute approximate surface area is 132 Å². The average Bonchev–Trinajstić information content (AvgIpc) is 3.08. The Bertz CT molecular complexity index is 627. The van der Waals surface area contributed by atoms with Gasteiger partial charge in [0.15, 0.2) is 0 Å². The minimum atomic E-state index is 0.600. The van der Waals surface area contributed by atoms with Crippen LogP contribution in [0.5, 0.6) is 0 Å². The van der Waals surface area contributed by atoms with Crippen LogP contribution in [-0.4, -0.2) is 27.0 Å². The van der Waals surface area contributed by atoms with E-state index in [4.69, 9.17) is 0 Å². The summed E-state index contributed by atoms with van der Waals surface area (Å²) in [5.41, 5.74) is 1.96. The molecular weight excluding hydrogens is 272 g/mol. The maximum atomic E-state index is 9.26. The molecule has 4 nitrogen and oxygen atoms in total. The predicted molar refractivity (Wildman–Crippen MR) is 86.1 cm³/mol. The Hall–Kier alpha value is -2.12. The number of aromatic nitrogens is 2. The summed E-state index contributed by atoms with van der Waals surface area (Å²) in [7, 11) is 0. The van der Waals surface area contributed by atoms with Gasteiger partial charge in [0, 0.05) is 31.5 Å². The molecule has 1 fully saturated rings. The van der Waals surface area contributed by atoms with Crippen LogP contribution in [0.2, 0.25) is 0 Å². The van der Waals surface area contributed by atoms with Gasteiger partial charge in [0.2, 0.25) is 0 Å². The summed E-state index contributed by atoms with van der Waals surface area (Å²) in [5, 5.41) is 9.26. The van der Waals surface area contributed by atoms with Crippen molar-refractivity contribution in [2.45, 2.75) is 44.8 Å². The third kappa shape index (κ3) is 3.55. The van der Waals surface area contributed by atoms with E-state index in [2.05, 4.69) is 26.6 Å². The first-order chi connectivity index (χ1) is 10.9. The van der Waals surface area contributed by atoms with E-state index in [0.29, 0.717) is 6.04 Å². The number of nitrogens with zero attached hydrogens (tertiary/aromatic N) is 4. The third-order valence-electron chi connectivity index (χ3n) is 4.54. The summed E-state index contributed by atoms with van der Waals surface area (Å²) < 4.78 is 2.15. The molecule has 0 radical (unpaired) electrons. The van der Waals surface area contributed by atoms with E-state index in [-0.39, 0.29) is 0 Å². The average molecular weight is 294 g/mol. The van der Waals surface area contributed by atoms with Crippen LogP contribution in [0.25, 0.3) is 0 Å². The summed E-state index contributed by atoms with van der Waals surface area (Å²) in [4.78, 5) is 6.66. The van der Waals surface area contributed by atoms with E-state index < -0.39 is 0 Å². The third-order valence-corrected chi connectivity index (χ3v) is 4.54. The number of hydrogen-bond donors (Lipinski definition) is 0. The maximum absolute atomic E-state index is 9.26. The molecule has 1 aliphatic heterocycles. The summed E-state index contributed by atoms with van der Waals surface area (Å²) in [6, 6.07) is 10.9. The monoisotopic (exact) mass is 294 g/mol. The van der Waals surface area contributed by atoms with Crippen molar-refractivity contribution in [2.75, 3.05) is 6.54 Å². The zero-order chi connectivity index (χ0) is 15.2. The largest absolute Gasteiger partial charge is 0.337 e. The van der Waals surface area contributed by atoms with E-state index in [0.717, 1.165) is 37.2 Å². The molecule has 2 heterocycles. The Balaban J connectivity index is 1.66. The fourth-order valence-corrected chi connectivity index (χ4v) is 3.30. The second-order valence-electron chi connectivity index (χ2n) is 5.98. The lowest BCUT2D eigenvalue weighted by Crippen LogP contribution is -2.39. The molecule has 1 aromatic heterocycles. The SMILES string of the molecule is N#Cc1ccccc1CN1CCCC[C@@H]1CCn1ccnc1. The van der Waals surface area contributed by atoms with Gasteiger partial charge in [-0.25, -0.2) is 4.98 Å². The van der Waals surface area contributed by atoms with Crippen molar-refractivity contribution in [1.82, 2.24) is 14.5 Å². The number of benzene rings is 1. The second-order valence-corrected chi connectivity index (χ2v) is 5.98. The molecular formula is C18H22N4. The number of likely N-dealkylation sites (tertiary alicyclic amines) is 1. The summed E-state index contributed by atoms with van der Waals surface area (Å²) in [6.07, 6.45) is 10.7. The van der Waals surface area contributed by atoms with Crippen molar-refractivity contribution in [3.63, 3.8) is 0 Å². The number of rotatable bonds is 5. The van der Waals surface area contributed by atoms with Crippen molar-refractivity contribution >= 4 is 0 Å². The van der Waals surface area contributed by atoms with Gasteiger partial charge in [0.05, 0.1) is 18.0 Å². The Kier molecular flexibility index (Phi) is 4.87.